The van der Waals surface area contributed by atoms with Crippen LogP contribution >= 0.6 is 0 Å². The summed E-state index contributed by atoms with van der Waals surface area (Å²) in [6.45, 7) is 3.40. The molecule has 1 heterocycles. The summed E-state index contributed by atoms with van der Waals surface area (Å²) in [7, 11) is 0. The van der Waals surface area contributed by atoms with Gasteiger partial charge in [0.15, 0.2) is 11.6 Å². The SMILES string of the molecule is CC(=O)c1ccc(NC(=O)C23CC4CC(C2)CC(n2nnc(C)n2)(C4)C3)cc1. The van der Waals surface area contributed by atoms with E-state index in [9.17, 15) is 9.59 Å². The van der Waals surface area contributed by atoms with Crippen LogP contribution in [0.5, 0.6) is 0 Å². The van der Waals surface area contributed by atoms with Crippen LogP contribution in [0.1, 0.15) is 61.6 Å². The summed E-state index contributed by atoms with van der Waals surface area (Å²) >= 11 is 0. The van der Waals surface area contributed by atoms with Gasteiger partial charge in [-0.05, 0) is 93.7 Å². The fraction of sp³-hybridized carbons (Fsp3) is 0.571. The Labute approximate surface area is 163 Å². The lowest BCUT2D eigenvalue weighted by molar-refractivity contribution is -0.152. The first-order valence-electron chi connectivity index (χ1n) is 10.1. The maximum atomic E-state index is 13.4. The van der Waals surface area contributed by atoms with Gasteiger partial charge in [0.25, 0.3) is 0 Å². The number of hydrogen-bond acceptors (Lipinski definition) is 5. The van der Waals surface area contributed by atoms with Gasteiger partial charge in [0.2, 0.25) is 5.91 Å². The van der Waals surface area contributed by atoms with Crippen molar-refractivity contribution in [1.29, 1.82) is 0 Å². The summed E-state index contributed by atoms with van der Waals surface area (Å²) in [6, 6.07) is 7.16. The van der Waals surface area contributed by atoms with Crippen molar-refractivity contribution in [3.8, 4) is 0 Å². The predicted molar refractivity (Wildman–Crippen MR) is 103 cm³/mol. The van der Waals surface area contributed by atoms with Crippen molar-refractivity contribution >= 4 is 17.4 Å². The topological polar surface area (TPSA) is 89.8 Å². The minimum absolute atomic E-state index is 0.0246. The van der Waals surface area contributed by atoms with E-state index < -0.39 is 0 Å². The molecule has 7 nitrogen and oxygen atoms in total. The van der Waals surface area contributed by atoms with Crippen molar-refractivity contribution in [3.63, 3.8) is 0 Å². The number of nitrogens with zero attached hydrogens (tertiary/aromatic N) is 4. The van der Waals surface area contributed by atoms with Crippen molar-refractivity contribution in [1.82, 2.24) is 20.2 Å². The number of nitrogens with one attached hydrogen (secondary N) is 1. The zero-order chi connectivity index (χ0) is 19.5. The van der Waals surface area contributed by atoms with E-state index in [1.54, 1.807) is 19.1 Å². The van der Waals surface area contributed by atoms with Crippen LogP contribution in [0.4, 0.5) is 5.69 Å². The van der Waals surface area contributed by atoms with E-state index in [2.05, 4.69) is 20.7 Å². The molecule has 146 valence electrons. The van der Waals surface area contributed by atoms with E-state index in [1.807, 2.05) is 23.9 Å². The molecule has 7 heteroatoms. The molecule has 4 aliphatic carbocycles. The molecule has 4 saturated carbocycles. The Kier molecular flexibility index (Phi) is 3.73. The molecule has 4 fully saturated rings. The molecule has 4 bridgehead atoms. The van der Waals surface area contributed by atoms with Gasteiger partial charge < -0.3 is 5.32 Å². The van der Waals surface area contributed by atoms with Crippen molar-refractivity contribution in [3.05, 3.63) is 35.7 Å². The number of carbonyl (C=O) groups is 2. The largest absolute Gasteiger partial charge is 0.326 e. The molecule has 1 N–H and O–H groups in total. The summed E-state index contributed by atoms with van der Waals surface area (Å²) in [5.41, 5.74) is 0.848. The second kappa shape index (κ2) is 5.96. The molecule has 1 amide bonds. The minimum Gasteiger partial charge on any atom is -0.326 e. The Morgan fingerprint density at radius 1 is 1.11 bits per heavy atom. The smallest absolute Gasteiger partial charge is 0.230 e. The second-order valence-corrected chi connectivity index (χ2v) is 9.18. The molecular formula is C21H25N5O2. The molecule has 28 heavy (non-hydrogen) atoms. The van der Waals surface area contributed by atoms with Crippen LogP contribution in [-0.4, -0.2) is 31.9 Å². The zero-order valence-electron chi connectivity index (χ0n) is 16.3. The standard InChI is InChI=1S/C21H25N5O2/c1-13(27)17-3-5-18(6-4-17)22-19(28)20-8-15-7-16(9-20)11-21(10-15,12-20)26-24-14(2)23-25-26/h3-6,15-16H,7-12H2,1-2H3,(H,22,28). The molecule has 2 atom stereocenters. The lowest BCUT2D eigenvalue weighted by atomic mass is 9.46. The monoisotopic (exact) mass is 379 g/mol. The maximum Gasteiger partial charge on any atom is 0.230 e. The number of aromatic nitrogens is 4. The third kappa shape index (κ3) is 2.67. The highest BCUT2D eigenvalue weighted by Crippen LogP contribution is 2.64. The third-order valence-corrected chi connectivity index (χ3v) is 7.00. The summed E-state index contributed by atoms with van der Waals surface area (Å²) in [4.78, 5) is 26.7. The van der Waals surface area contributed by atoms with E-state index >= 15 is 0 Å². The number of amides is 1. The number of aryl methyl sites for hydroxylation is 1. The summed E-state index contributed by atoms with van der Waals surface area (Å²) in [5.74, 6) is 1.88. The lowest BCUT2D eigenvalue weighted by Gasteiger charge is -2.60. The van der Waals surface area contributed by atoms with Gasteiger partial charge in [-0.2, -0.15) is 4.80 Å². The van der Waals surface area contributed by atoms with Crippen LogP contribution in [0, 0.1) is 24.2 Å². The van der Waals surface area contributed by atoms with Gasteiger partial charge in [0.05, 0.1) is 11.0 Å². The summed E-state index contributed by atoms with van der Waals surface area (Å²) in [5, 5.41) is 16.1. The number of carbonyl (C=O) groups excluding carboxylic acids is 2. The van der Waals surface area contributed by atoms with Crippen LogP contribution in [0.25, 0.3) is 0 Å². The van der Waals surface area contributed by atoms with Gasteiger partial charge in [-0.1, -0.05) is 0 Å². The van der Waals surface area contributed by atoms with Crippen LogP contribution < -0.4 is 5.32 Å². The fourth-order valence-electron chi connectivity index (χ4n) is 6.25. The molecule has 0 aliphatic heterocycles. The molecule has 1 aromatic heterocycles. The predicted octanol–water partition coefficient (Wildman–Crippen LogP) is 3.12. The van der Waals surface area contributed by atoms with Crippen LogP contribution in [0.3, 0.4) is 0 Å². The van der Waals surface area contributed by atoms with Crippen molar-refractivity contribution in [2.45, 2.75) is 57.9 Å². The third-order valence-electron chi connectivity index (χ3n) is 7.00. The molecule has 0 saturated heterocycles. The first kappa shape index (κ1) is 17.5. The Morgan fingerprint density at radius 2 is 1.79 bits per heavy atom. The first-order chi connectivity index (χ1) is 13.4. The zero-order valence-corrected chi connectivity index (χ0v) is 16.3. The number of benzene rings is 1. The van der Waals surface area contributed by atoms with E-state index in [4.69, 9.17) is 0 Å². The molecule has 0 radical (unpaired) electrons. The van der Waals surface area contributed by atoms with E-state index in [1.165, 1.54) is 6.42 Å². The highest BCUT2D eigenvalue weighted by atomic mass is 16.2. The number of hydrogen-bond donors (Lipinski definition) is 1. The summed E-state index contributed by atoms with van der Waals surface area (Å²) in [6.07, 6.45) is 5.95. The van der Waals surface area contributed by atoms with Gasteiger partial charge in [-0.15, -0.1) is 10.2 Å². The molecular weight excluding hydrogens is 354 g/mol. The molecule has 6 rings (SSSR count). The maximum absolute atomic E-state index is 13.4. The van der Waals surface area contributed by atoms with Crippen molar-refractivity contribution in [2.75, 3.05) is 5.32 Å². The average molecular weight is 379 g/mol. The first-order valence-corrected chi connectivity index (χ1v) is 10.1. The van der Waals surface area contributed by atoms with E-state index in [-0.39, 0.29) is 22.6 Å². The van der Waals surface area contributed by atoms with Gasteiger partial charge in [-0.3, -0.25) is 9.59 Å². The number of ketones is 1. The van der Waals surface area contributed by atoms with Gasteiger partial charge in [-0.25, -0.2) is 0 Å². The highest BCUT2D eigenvalue weighted by Gasteiger charge is 2.62. The van der Waals surface area contributed by atoms with Crippen molar-refractivity contribution < 1.29 is 9.59 Å². The van der Waals surface area contributed by atoms with Crippen LogP contribution in [0.15, 0.2) is 24.3 Å². The molecule has 2 unspecified atom stereocenters. The number of anilines is 1. The fourth-order valence-corrected chi connectivity index (χ4v) is 6.25. The summed E-state index contributed by atoms with van der Waals surface area (Å²) < 4.78 is 0. The number of Topliss-reactive ketones (excluding diaryl/α,β-unsaturated/α-hetero) is 1. The van der Waals surface area contributed by atoms with Crippen LogP contribution in [0.2, 0.25) is 0 Å². The van der Waals surface area contributed by atoms with Gasteiger partial charge >= 0.3 is 0 Å². The number of tetrazole rings is 1. The molecule has 0 spiro atoms. The second-order valence-electron chi connectivity index (χ2n) is 9.18. The quantitative estimate of drug-likeness (QED) is 0.825. The Balaban J connectivity index is 1.42. The molecule has 2 aromatic rings. The highest BCUT2D eigenvalue weighted by molar-refractivity contribution is 5.97. The lowest BCUT2D eigenvalue weighted by Crippen LogP contribution is -2.60. The van der Waals surface area contributed by atoms with E-state index in [0.29, 0.717) is 23.2 Å². The van der Waals surface area contributed by atoms with Crippen molar-refractivity contribution in [2.24, 2.45) is 17.3 Å². The normalized spacial score (nSPS) is 33.1. The molecule has 1 aromatic carbocycles. The number of rotatable bonds is 4. The van der Waals surface area contributed by atoms with E-state index in [0.717, 1.165) is 37.8 Å². The Bertz CT molecular complexity index is 934. The average Bonchev–Trinajstić information content (AvgIpc) is 3.08. The minimum atomic E-state index is -0.370. The Morgan fingerprint density at radius 3 is 2.36 bits per heavy atom. The Hall–Kier alpha value is -2.57. The van der Waals surface area contributed by atoms with Crippen LogP contribution in [-0.2, 0) is 10.3 Å². The van der Waals surface area contributed by atoms with Gasteiger partial charge in [0.1, 0.15) is 0 Å². The molecule has 4 aliphatic rings. The van der Waals surface area contributed by atoms with Gasteiger partial charge in [0, 0.05) is 11.3 Å².